The van der Waals surface area contributed by atoms with Crippen LogP contribution in [0.1, 0.15) is 30.6 Å². The number of benzene rings is 1. The molecule has 6 heteroatoms. The molecule has 0 aromatic heterocycles. The highest BCUT2D eigenvalue weighted by Crippen LogP contribution is 2.28. The molecule has 0 fully saturated rings. The molecule has 1 amide bonds. The first kappa shape index (κ1) is 18.1. The number of amides is 1. The molecule has 1 atom stereocenters. The third kappa shape index (κ3) is 5.38. The standard InChI is InChI=1S/C15H23Cl2N3O/c1-9(2)5-11(20(3)4)8-19-15(21)10-6-12(16)14(18)13(17)7-10/h6-7,9,11H,5,8,18H2,1-4H3,(H,19,21). The van der Waals surface area contributed by atoms with Crippen molar-refractivity contribution in [3.05, 3.63) is 27.7 Å². The lowest BCUT2D eigenvalue weighted by molar-refractivity contribution is 0.0938. The highest BCUT2D eigenvalue weighted by atomic mass is 35.5. The van der Waals surface area contributed by atoms with E-state index in [9.17, 15) is 4.79 Å². The number of likely N-dealkylation sites (N-methyl/N-ethyl adjacent to an activating group) is 1. The number of hydrogen-bond acceptors (Lipinski definition) is 3. The summed E-state index contributed by atoms with van der Waals surface area (Å²) in [5, 5.41) is 3.50. The van der Waals surface area contributed by atoms with Crippen LogP contribution in [0.3, 0.4) is 0 Å². The molecular weight excluding hydrogens is 309 g/mol. The summed E-state index contributed by atoms with van der Waals surface area (Å²) in [4.78, 5) is 14.3. The number of nitrogen functional groups attached to an aromatic ring is 1. The Bertz CT molecular complexity index is 481. The second-order valence-corrected chi connectivity index (χ2v) is 6.62. The van der Waals surface area contributed by atoms with Gasteiger partial charge in [-0.05, 0) is 38.6 Å². The quantitative estimate of drug-likeness (QED) is 0.786. The van der Waals surface area contributed by atoms with E-state index in [0.717, 1.165) is 6.42 Å². The summed E-state index contributed by atoms with van der Waals surface area (Å²) < 4.78 is 0. The minimum absolute atomic E-state index is 0.200. The fourth-order valence-corrected chi connectivity index (χ4v) is 2.54. The lowest BCUT2D eigenvalue weighted by Crippen LogP contribution is -2.41. The van der Waals surface area contributed by atoms with E-state index < -0.39 is 0 Å². The van der Waals surface area contributed by atoms with E-state index >= 15 is 0 Å². The summed E-state index contributed by atoms with van der Waals surface area (Å²) in [5.41, 5.74) is 6.38. The fraction of sp³-hybridized carbons (Fsp3) is 0.533. The van der Waals surface area contributed by atoms with Crippen LogP contribution in [0.2, 0.25) is 10.0 Å². The van der Waals surface area contributed by atoms with E-state index in [0.29, 0.717) is 33.8 Å². The van der Waals surface area contributed by atoms with Crippen molar-refractivity contribution in [2.24, 2.45) is 5.92 Å². The van der Waals surface area contributed by atoms with Gasteiger partial charge in [0.15, 0.2) is 0 Å². The number of nitrogens with two attached hydrogens (primary N) is 1. The van der Waals surface area contributed by atoms with Crippen molar-refractivity contribution in [3.63, 3.8) is 0 Å². The van der Waals surface area contributed by atoms with Crippen LogP contribution in [0.15, 0.2) is 12.1 Å². The van der Waals surface area contributed by atoms with Crippen LogP contribution in [-0.2, 0) is 0 Å². The molecule has 0 aliphatic heterocycles. The van der Waals surface area contributed by atoms with Crippen LogP contribution in [-0.4, -0.2) is 37.5 Å². The van der Waals surface area contributed by atoms with E-state index in [1.807, 2.05) is 14.1 Å². The van der Waals surface area contributed by atoms with Gasteiger partial charge in [-0.3, -0.25) is 4.79 Å². The van der Waals surface area contributed by atoms with Crippen LogP contribution >= 0.6 is 23.2 Å². The monoisotopic (exact) mass is 331 g/mol. The molecule has 4 nitrogen and oxygen atoms in total. The maximum absolute atomic E-state index is 12.2. The van der Waals surface area contributed by atoms with E-state index in [2.05, 4.69) is 24.1 Å². The molecule has 0 radical (unpaired) electrons. The van der Waals surface area contributed by atoms with Gasteiger partial charge in [0.1, 0.15) is 0 Å². The first-order chi connectivity index (χ1) is 9.72. The van der Waals surface area contributed by atoms with Crippen molar-refractivity contribution < 1.29 is 4.79 Å². The molecule has 1 aromatic rings. The molecule has 0 saturated carbocycles. The van der Waals surface area contributed by atoms with Gasteiger partial charge >= 0.3 is 0 Å². The zero-order valence-electron chi connectivity index (χ0n) is 12.9. The summed E-state index contributed by atoms with van der Waals surface area (Å²) >= 11 is 11.9. The third-order valence-corrected chi connectivity index (χ3v) is 3.94. The normalized spacial score (nSPS) is 12.8. The predicted octanol–water partition coefficient (Wildman–Crippen LogP) is 3.28. The maximum Gasteiger partial charge on any atom is 0.251 e. The number of hydrogen-bond donors (Lipinski definition) is 2. The summed E-state index contributed by atoms with van der Waals surface area (Å²) in [6, 6.07) is 3.35. The molecule has 0 aliphatic carbocycles. The van der Waals surface area contributed by atoms with E-state index in [1.54, 1.807) is 0 Å². The molecule has 1 rings (SSSR count). The Morgan fingerprint density at radius 2 is 1.81 bits per heavy atom. The Balaban J connectivity index is 2.72. The van der Waals surface area contributed by atoms with Crippen molar-refractivity contribution in [1.82, 2.24) is 10.2 Å². The first-order valence-electron chi connectivity index (χ1n) is 6.91. The van der Waals surface area contributed by atoms with Crippen LogP contribution in [0, 0.1) is 5.92 Å². The lowest BCUT2D eigenvalue weighted by atomic mass is 10.0. The molecule has 0 aliphatic rings. The summed E-state index contributed by atoms with van der Waals surface area (Å²) in [6.45, 7) is 4.90. The van der Waals surface area contributed by atoms with Gasteiger partial charge in [0.05, 0.1) is 15.7 Å². The lowest BCUT2D eigenvalue weighted by Gasteiger charge is -2.26. The highest BCUT2D eigenvalue weighted by molar-refractivity contribution is 6.39. The van der Waals surface area contributed by atoms with Crippen LogP contribution in [0.4, 0.5) is 5.69 Å². The van der Waals surface area contributed by atoms with Gasteiger partial charge in [0.2, 0.25) is 0 Å². The largest absolute Gasteiger partial charge is 0.396 e. The van der Waals surface area contributed by atoms with Crippen molar-refractivity contribution in [1.29, 1.82) is 0 Å². The first-order valence-corrected chi connectivity index (χ1v) is 7.67. The second kappa shape index (κ2) is 7.87. The van der Waals surface area contributed by atoms with Crippen molar-refractivity contribution in [2.75, 3.05) is 26.4 Å². The molecule has 0 spiro atoms. The zero-order valence-corrected chi connectivity index (χ0v) is 14.4. The van der Waals surface area contributed by atoms with Crippen molar-refractivity contribution in [2.45, 2.75) is 26.3 Å². The Hall–Kier alpha value is -0.970. The van der Waals surface area contributed by atoms with E-state index in [1.165, 1.54) is 12.1 Å². The average molecular weight is 332 g/mol. The van der Waals surface area contributed by atoms with Gasteiger partial charge in [-0.2, -0.15) is 0 Å². The number of nitrogens with zero attached hydrogens (tertiary/aromatic N) is 1. The number of halogens is 2. The Morgan fingerprint density at radius 1 is 1.29 bits per heavy atom. The summed E-state index contributed by atoms with van der Waals surface area (Å²) in [5.74, 6) is 0.365. The number of carbonyl (C=O) groups excluding carboxylic acids is 1. The molecule has 0 heterocycles. The third-order valence-electron chi connectivity index (χ3n) is 3.31. The van der Waals surface area contributed by atoms with E-state index in [-0.39, 0.29) is 11.9 Å². The number of rotatable bonds is 6. The Labute approximate surface area is 136 Å². The topological polar surface area (TPSA) is 58.4 Å². The number of carbonyl (C=O) groups is 1. The molecule has 1 unspecified atom stereocenters. The Kier molecular flexibility index (Phi) is 6.78. The summed E-state index contributed by atoms with van der Waals surface area (Å²) in [6.07, 6.45) is 1.01. The Morgan fingerprint density at radius 3 is 2.24 bits per heavy atom. The van der Waals surface area contributed by atoms with Crippen LogP contribution in [0.5, 0.6) is 0 Å². The SMILES string of the molecule is CC(C)CC(CNC(=O)c1cc(Cl)c(N)c(Cl)c1)N(C)C. The smallest absolute Gasteiger partial charge is 0.251 e. The van der Waals surface area contributed by atoms with E-state index in [4.69, 9.17) is 28.9 Å². The molecule has 1 aromatic carbocycles. The van der Waals surface area contributed by atoms with Crippen LogP contribution in [0.25, 0.3) is 0 Å². The predicted molar refractivity (Wildman–Crippen MR) is 90.1 cm³/mol. The van der Waals surface area contributed by atoms with Gasteiger partial charge in [-0.25, -0.2) is 0 Å². The van der Waals surface area contributed by atoms with Gasteiger partial charge in [0, 0.05) is 18.2 Å². The van der Waals surface area contributed by atoms with Gasteiger partial charge in [-0.1, -0.05) is 37.0 Å². The molecule has 118 valence electrons. The van der Waals surface area contributed by atoms with Gasteiger partial charge < -0.3 is 16.0 Å². The molecule has 21 heavy (non-hydrogen) atoms. The molecule has 0 saturated heterocycles. The minimum atomic E-state index is -0.200. The highest BCUT2D eigenvalue weighted by Gasteiger charge is 2.16. The number of nitrogens with one attached hydrogen (secondary N) is 1. The molecular formula is C15H23Cl2N3O. The summed E-state index contributed by atoms with van der Waals surface area (Å²) in [7, 11) is 4.02. The second-order valence-electron chi connectivity index (χ2n) is 5.81. The minimum Gasteiger partial charge on any atom is -0.396 e. The maximum atomic E-state index is 12.2. The van der Waals surface area contributed by atoms with Crippen LogP contribution < -0.4 is 11.1 Å². The zero-order chi connectivity index (χ0) is 16.2. The number of anilines is 1. The van der Waals surface area contributed by atoms with Gasteiger partial charge in [-0.15, -0.1) is 0 Å². The van der Waals surface area contributed by atoms with Crippen molar-refractivity contribution >= 4 is 34.8 Å². The molecule has 0 bridgehead atoms. The average Bonchev–Trinajstić information content (AvgIpc) is 2.39. The van der Waals surface area contributed by atoms with Crippen molar-refractivity contribution in [3.8, 4) is 0 Å². The van der Waals surface area contributed by atoms with Gasteiger partial charge in [0.25, 0.3) is 5.91 Å². The molecule has 3 N–H and O–H groups in total. The fourth-order valence-electron chi connectivity index (χ4n) is 2.05.